The number of hydrogen-bond acceptors (Lipinski definition) is 3. The fraction of sp³-hybridized carbons (Fsp3) is 1.00. The van der Waals surface area contributed by atoms with E-state index in [1.807, 2.05) is 20.8 Å². The van der Waals surface area contributed by atoms with E-state index in [-0.39, 0.29) is 18.2 Å². The molecule has 2 N–H and O–H groups in total. The van der Waals surface area contributed by atoms with Crippen LogP contribution in [0.5, 0.6) is 0 Å². The normalized spacial score (nSPS) is 18.2. The van der Waals surface area contributed by atoms with E-state index in [2.05, 4.69) is 12.2 Å². The monoisotopic (exact) mass is 189 g/mol. The van der Waals surface area contributed by atoms with E-state index in [4.69, 9.17) is 9.84 Å². The number of aliphatic hydroxyl groups is 1. The highest BCUT2D eigenvalue weighted by Crippen LogP contribution is 2.06. The Morgan fingerprint density at radius 2 is 2.08 bits per heavy atom. The predicted octanol–water partition coefficient (Wildman–Crippen LogP) is 1.16. The first-order valence-electron chi connectivity index (χ1n) is 5.05. The molecule has 3 heteroatoms. The topological polar surface area (TPSA) is 41.5 Å². The van der Waals surface area contributed by atoms with Gasteiger partial charge >= 0.3 is 0 Å². The van der Waals surface area contributed by atoms with Gasteiger partial charge in [-0.2, -0.15) is 0 Å². The fourth-order valence-electron chi connectivity index (χ4n) is 1.02. The van der Waals surface area contributed by atoms with Gasteiger partial charge in [0.05, 0.1) is 24.9 Å². The Hall–Kier alpha value is -0.120. The van der Waals surface area contributed by atoms with Crippen LogP contribution in [0.3, 0.4) is 0 Å². The molecular weight excluding hydrogens is 166 g/mol. The highest BCUT2D eigenvalue weighted by Gasteiger charge is 2.22. The first-order valence-corrected chi connectivity index (χ1v) is 5.05. The number of aliphatic hydroxyl groups excluding tert-OH is 1. The van der Waals surface area contributed by atoms with Crippen LogP contribution in [0, 0.1) is 0 Å². The number of rotatable bonds is 7. The van der Waals surface area contributed by atoms with Gasteiger partial charge in [-0.1, -0.05) is 13.8 Å². The van der Waals surface area contributed by atoms with Gasteiger partial charge in [-0.25, -0.2) is 0 Å². The van der Waals surface area contributed by atoms with E-state index in [1.54, 1.807) is 0 Å². The Morgan fingerprint density at radius 1 is 1.46 bits per heavy atom. The molecule has 3 nitrogen and oxygen atoms in total. The fourth-order valence-corrected chi connectivity index (χ4v) is 1.02. The van der Waals surface area contributed by atoms with Crippen molar-refractivity contribution in [1.29, 1.82) is 0 Å². The van der Waals surface area contributed by atoms with Gasteiger partial charge in [-0.05, 0) is 26.8 Å². The minimum Gasteiger partial charge on any atom is -0.394 e. The molecule has 80 valence electrons. The molecule has 0 heterocycles. The Kier molecular flexibility index (Phi) is 6.29. The number of hydrogen-bond donors (Lipinski definition) is 2. The number of ether oxygens (including phenoxy) is 1. The molecule has 0 spiro atoms. The predicted molar refractivity (Wildman–Crippen MR) is 54.9 cm³/mol. The van der Waals surface area contributed by atoms with Gasteiger partial charge in [0.25, 0.3) is 0 Å². The van der Waals surface area contributed by atoms with E-state index >= 15 is 0 Å². The zero-order valence-corrected chi connectivity index (χ0v) is 9.26. The summed E-state index contributed by atoms with van der Waals surface area (Å²) in [6.45, 7) is 9.65. The van der Waals surface area contributed by atoms with Crippen molar-refractivity contribution in [2.75, 3.05) is 19.8 Å². The summed E-state index contributed by atoms with van der Waals surface area (Å²) >= 11 is 0. The summed E-state index contributed by atoms with van der Waals surface area (Å²) < 4.78 is 5.58. The Bertz CT molecular complexity index is 130. The molecular formula is C10H23NO2. The van der Waals surface area contributed by atoms with Crippen molar-refractivity contribution in [3.05, 3.63) is 0 Å². The Morgan fingerprint density at radius 3 is 2.46 bits per heavy atom. The highest BCUT2D eigenvalue weighted by molar-refractivity contribution is 4.81. The van der Waals surface area contributed by atoms with Crippen LogP contribution in [-0.2, 0) is 4.74 Å². The average Bonchev–Trinajstić information content (AvgIpc) is 2.15. The first kappa shape index (κ1) is 12.9. The lowest BCUT2D eigenvalue weighted by molar-refractivity contribution is 0.00363. The van der Waals surface area contributed by atoms with Crippen molar-refractivity contribution < 1.29 is 9.84 Å². The lowest BCUT2D eigenvalue weighted by atomic mass is 10.1. The molecule has 13 heavy (non-hydrogen) atoms. The quantitative estimate of drug-likeness (QED) is 0.631. The summed E-state index contributed by atoms with van der Waals surface area (Å²) in [7, 11) is 0. The molecule has 2 unspecified atom stereocenters. The molecule has 0 bridgehead atoms. The average molecular weight is 189 g/mol. The molecule has 0 saturated carbocycles. The zero-order valence-electron chi connectivity index (χ0n) is 9.26. The smallest absolute Gasteiger partial charge is 0.0671 e. The molecule has 0 saturated heterocycles. The lowest BCUT2D eigenvalue weighted by Crippen LogP contribution is -2.50. The summed E-state index contributed by atoms with van der Waals surface area (Å²) in [5.74, 6) is 0. The van der Waals surface area contributed by atoms with Crippen molar-refractivity contribution in [3.63, 3.8) is 0 Å². The van der Waals surface area contributed by atoms with E-state index in [1.165, 1.54) is 0 Å². The molecule has 0 aliphatic carbocycles. The second-order valence-corrected chi connectivity index (χ2v) is 3.78. The van der Waals surface area contributed by atoms with Crippen LogP contribution in [0.25, 0.3) is 0 Å². The first-order chi connectivity index (χ1) is 6.08. The largest absolute Gasteiger partial charge is 0.394 e. The van der Waals surface area contributed by atoms with Crippen molar-refractivity contribution in [2.45, 2.75) is 45.8 Å². The van der Waals surface area contributed by atoms with Crippen molar-refractivity contribution in [3.8, 4) is 0 Å². The van der Waals surface area contributed by atoms with Gasteiger partial charge in [-0.3, -0.25) is 0 Å². The minimum absolute atomic E-state index is 0.108. The van der Waals surface area contributed by atoms with Crippen LogP contribution in [0.1, 0.15) is 34.1 Å². The van der Waals surface area contributed by atoms with E-state index < -0.39 is 0 Å². The molecule has 0 aliphatic rings. The van der Waals surface area contributed by atoms with Gasteiger partial charge in [0.1, 0.15) is 0 Å². The van der Waals surface area contributed by atoms with Gasteiger partial charge in [0, 0.05) is 0 Å². The summed E-state index contributed by atoms with van der Waals surface area (Å²) in [5, 5.41) is 12.4. The lowest BCUT2D eigenvalue weighted by Gasteiger charge is -2.29. The second-order valence-electron chi connectivity index (χ2n) is 3.78. The molecule has 2 atom stereocenters. The van der Waals surface area contributed by atoms with Crippen molar-refractivity contribution >= 4 is 0 Å². The third-order valence-corrected chi connectivity index (χ3v) is 2.21. The Labute approximate surface area is 81.5 Å². The maximum atomic E-state index is 9.16. The van der Waals surface area contributed by atoms with Crippen molar-refractivity contribution in [1.82, 2.24) is 5.32 Å². The van der Waals surface area contributed by atoms with E-state index in [9.17, 15) is 0 Å². The van der Waals surface area contributed by atoms with Gasteiger partial charge in [0.2, 0.25) is 0 Å². The third-order valence-electron chi connectivity index (χ3n) is 2.21. The van der Waals surface area contributed by atoms with E-state index in [0.29, 0.717) is 6.61 Å². The highest BCUT2D eigenvalue weighted by atomic mass is 16.5. The van der Waals surface area contributed by atoms with Crippen LogP contribution in [0.15, 0.2) is 0 Å². The standard InChI is InChI=1S/C10H23NO2/c1-5-9(3)13-8-10(4,7-12)11-6-2/h9,11-12H,5-8H2,1-4H3. The number of likely N-dealkylation sites (N-methyl/N-ethyl adjacent to an activating group) is 1. The van der Waals surface area contributed by atoms with Crippen LogP contribution < -0.4 is 5.32 Å². The molecule has 0 rings (SSSR count). The summed E-state index contributed by atoms with van der Waals surface area (Å²) in [6.07, 6.45) is 1.28. The third kappa shape index (κ3) is 5.24. The van der Waals surface area contributed by atoms with Gasteiger partial charge in [-0.15, -0.1) is 0 Å². The van der Waals surface area contributed by atoms with Crippen molar-refractivity contribution in [2.24, 2.45) is 0 Å². The molecule has 0 aromatic carbocycles. The summed E-state index contributed by atoms with van der Waals surface area (Å²) in [4.78, 5) is 0. The summed E-state index contributed by atoms with van der Waals surface area (Å²) in [6, 6.07) is 0. The van der Waals surface area contributed by atoms with Crippen LogP contribution in [0.4, 0.5) is 0 Å². The SMILES string of the molecule is CCNC(C)(CO)COC(C)CC. The second kappa shape index (κ2) is 6.35. The molecule has 0 fully saturated rings. The number of nitrogens with one attached hydrogen (secondary N) is 1. The summed E-state index contributed by atoms with van der Waals surface area (Å²) in [5.41, 5.74) is -0.293. The molecule has 0 amide bonds. The zero-order chi connectivity index (χ0) is 10.3. The maximum absolute atomic E-state index is 9.16. The Balaban J connectivity index is 3.82. The van der Waals surface area contributed by atoms with Crippen LogP contribution in [-0.4, -0.2) is 36.5 Å². The molecule has 0 aromatic rings. The molecule has 0 aliphatic heterocycles. The maximum Gasteiger partial charge on any atom is 0.0671 e. The van der Waals surface area contributed by atoms with E-state index in [0.717, 1.165) is 13.0 Å². The minimum atomic E-state index is -0.293. The van der Waals surface area contributed by atoms with Crippen LogP contribution >= 0.6 is 0 Å². The molecule has 0 radical (unpaired) electrons. The van der Waals surface area contributed by atoms with Gasteiger partial charge in [0.15, 0.2) is 0 Å². The van der Waals surface area contributed by atoms with Gasteiger partial charge < -0.3 is 15.2 Å². The molecule has 0 aromatic heterocycles. The van der Waals surface area contributed by atoms with Crippen LogP contribution in [0.2, 0.25) is 0 Å².